The minimum atomic E-state index is 0.907. The van der Waals surface area contributed by atoms with E-state index >= 15 is 0 Å². The molecule has 0 saturated heterocycles. The third-order valence-electron chi connectivity index (χ3n) is 5.80. The monoisotopic (exact) mass is 372 g/mol. The second-order valence-electron chi connectivity index (χ2n) is 7.50. The molecule has 2 aliphatic rings. The van der Waals surface area contributed by atoms with E-state index in [1.807, 2.05) is 12.1 Å². The highest BCUT2D eigenvalue weighted by Gasteiger charge is 2.26. The lowest BCUT2D eigenvalue weighted by Crippen LogP contribution is -2.15. The number of ether oxygens (including phenoxy) is 2. The van der Waals surface area contributed by atoms with Crippen LogP contribution in [0.15, 0.2) is 60.7 Å². The molecular weight excluding hydrogens is 348 g/mol. The van der Waals surface area contributed by atoms with E-state index in [9.17, 15) is 0 Å². The summed E-state index contributed by atoms with van der Waals surface area (Å²) in [6.45, 7) is 3.81. The Morgan fingerprint density at radius 1 is 0.571 bits per heavy atom. The van der Waals surface area contributed by atoms with Gasteiger partial charge in [0, 0.05) is 49.7 Å². The van der Waals surface area contributed by atoms with Crippen molar-refractivity contribution in [1.29, 1.82) is 0 Å². The van der Waals surface area contributed by atoms with Crippen LogP contribution in [0.5, 0.6) is 11.5 Å². The predicted octanol–water partition coefficient (Wildman–Crippen LogP) is 4.74. The summed E-state index contributed by atoms with van der Waals surface area (Å²) in [5.41, 5.74) is 8.19. The van der Waals surface area contributed by atoms with E-state index < -0.39 is 0 Å². The molecule has 0 aromatic heterocycles. The Morgan fingerprint density at radius 2 is 0.964 bits per heavy atom. The van der Waals surface area contributed by atoms with Crippen LogP contribution in [-0.4, -0.2) is 14.2 Å². The molecule has 0 N–H and O–H groups in total. The fourth-order valence-corrected chi connectivity index (χ4v) is 4.29. The first-order valence-electron chi connectivity index (χ1n) is 9.65. The van der Waals surface area contributed by atoms with Gasteiger partial charge in [0.2, 0.25) is 0 Å². The van der Waals surface area contributed by atoms with E-state index in [2.05, 4.69) is 58.3 Å². The Bertz CT molecular complexity index is 917. The number of rotatable bonds is 4. The number of benzene rings is 3. The first-order valence-corrected chi connectivity index (χ1v) is 9.65. The maximum absolute atomic E-state index is 5.39. The van der Waals surface area contributed by atoms with Gasteiger partial charge < -0.3 is 19.3 Å². The van der Waals surface area contributed by atoms with Crippen molar-refractivity contribution in [3.05, 3.63) is 82.9 Å². The number of hydrogen-bond acceptors (Lipinski definition) is 4. The van der Waals surface area contributed by atoms with Gasteiger partial charge in [-0.25, -0.2) is 0 Å². The molecule has 2 heterocycles. The van der Waals surface area contributed by atoms with Crippen LogP contribution in [0, 0.1) is 0 Å². The summed E-state index contributed by atoms with van der Waals surface area (Å²) in [5, 5.41) is 0. The molecule has 4 nitrogen and oxygen atoms in total. The average molecular weight is 372 g/mol. The molecule has 2 aliphatic heterocycles. The van der Waals surface area contributed by atoms with Crippen LogP contribution in [0.3, 0.4) is 0 Å². The Hall–Kier alpha value is -3.14. The van der Waals surface area contributed by atoms with E-state index in [0.717, 1.165) is 37.7 Å². The molecule has 0 saturated carbocycles. The van der Waals surface area contributed by atoms with Gasteiger partial charge in [-0.1, -0.05) is 24.3 Å². The Balaban J connectivity index is 1.37. The molecule has 0 unspecified atom stereocenters. The number of nitrogens with zero attached hydrogens (tertiary/aromatic N) is 2. The zero-order chi connectivity index (χ0) is 19.1. The number of anilines is 2. The van der Waals surface area contributed by atoms with Crippen LogP contribution in [0.1, 0.15) is 22.3 Å². The van der Waals surface area contributed by atoms with Crippen molar-refractivity contribution in [3.63, 3.8) is 0 Å². The molecule has 0 radical (unpaired) electrons. The second kappa shape index (κ2) is 6.79. The van der Waals surface area contributed by atoms with Gasteiger partial charge in [0.15, 0.2) is 0 Å². The molecule has 3 aromatic carbocycles. The Kier molecular flexibility index (Phi) is 4.12. The summed E-state index contributed by atoms with van der Waals surface area (Å²) < 4.78 is 10.8. The third-order valence-corrected chi connectivity index (χ3v) is 5.80. The van der Waals surface area contributed by atoms with Crippen LogP contribution < -0.4 is 19.3 Å². The smallest absolute Gasteiger partial charge is 0.120 e. The fraction of sp³-hybridized carbons (Fsp3) is 0.250. The van der Waals surface area contributed by atoms with Crippen LogP contribution in [0.25, 0.3) is 0 Å². The van der Waals surface area contributed by atoms with Crippen molar-refractivity contribution < 1.29 is 9.47 Å². The molecule has 3 aromatic rings. The highest BCUT2D eigenvalue weighted by molar-refractivity contribution is 5.59. The highest BCUT2D eigenvalue weighted by Crippen LogP contribution is 2.36. The van der Waals surface area contributed by atoms with Gasteiger partial charge in [0.1, 0.15) is 11.5 Å². The lowest BCUT2D eigenvalue weighted by Gasteiger charge is -2.19. The van der Waals surface area contributed by atoms with E-state index in [-0.39, 0.29) is 0 Å². The molecule has 0 bridgehead atoms. The first-order chi connectivity index (χ1) is 13.7. The van der Waals surface area contributed by atoms with E-state index in [1.54, 1.807) is 14.2 Å². The zero-order valence-electron chi connectivity index (χ0n) is 16.3. The van der Waals surface area contributed by atoms with Crippen LogP contribution in [0.2, 0.25) is 0 Å². The van der Waals surface area contributed by atoms with Crippen molar-refractivity contribution in [2.24, 2.45) is 0 Å². The maximum atomic E-state index is 5.39. The van der Waals surface area contributed by atoms with Crippen LogP contribution in [-0.2, 0) is 26.2 Å². The van der Waals surface area contributed by atoms with Gasteiger partial charge >= 0.3 is 0 Å². The second-order valence-corrected chi connectivity index (χ2v) is 7.50. The minimum absolute atomic E-state index is 0.907. The summed E-state index contributed by atoms with van der Waals surface area (Å²) in [4.78, 5) is 4.84. The van der Waals surface area contributed by atoms with Gasteiger partial charge in [-0.15, -0.1) is 0 Å². The molecule has 142 valence electrons. The average Bonchev–Trinajstić information content (AvgIpc) is 3.35. The zero-order valence-corrected chi connectivity index (χ0v) is 16.3. The van der Waals surface area contributed by atoms with Crippen molar-refractivity contribution in [1.82, 2.24) is 0 Å². The van der Waals surface area contributed by atoms with Gasteiger partial charge in [0.05, 0.1) is 14.2 Å². The van der Waals surface area contributed by atoms with Crippen molar-refractivity contribution in [2.45, 2.75) is 26.2 Å². The van der Waals surface area contributed by atoms with Crippen molar-refractivity contribution in [2.75, 3.05) is 24.0 Å². The van der Waals surface area contributed by atoms with E-state index in [1.165, 1.54) is 33.6 Å². The molecule has 0 atom stereocenters. The van der Waals surface area contributed by atoms with Crippen molar-refractivity contribution in [3.8, 4) is 11.5 Å². The molecule has 0 amide bonds. The molecule has 28 heavy (non-hydrogen) atoms. The number of fused-ring (bicyclic) bond motifs is 2. The minimum Gasteiger partial charge on any atom is -0.497 e. The molecule has 5 rings (SSSR count). The van der Waals surface area contributed by atoms with Crippen LogP contribution >= 0.6 is 0 Å². The summed E-state index contributed by atoms with van der Waals surface area (Å²) in [6, 6.07) is 21.5. The summed E-state index contributed by atoms with van der Waals surface area (Å²) in [6.07, 6.45) is 0. The van der Waals surface area contributed by atoms with Gasteiger partial charge in [-0.2, -0.15) is 0 Å². The largest absolute Gasteiger partial charge is 0.497 e. The van der Waals surface area contributed by atoms with Gasteiger partial charge in [-0.3, -0.25) is 0 Å². The third kappa shape index (κ3) is 2.95. The van der Waals surface area contributed by atoms with Gasteiger partial charge in [0.25, 0.3) is 0 Å². The standard InChI is InChI=1S/C24H24N2O2/c1-27-23-7-3-5-21(11-23)25-13-17-9-19-15-26(16-20(19)10-18(17)14-25)22-6-4-8-24(12-22)28-2/h3-12H,13-16H2,1-2H3. The molecule has 4 heteroatoms. The maximum Gasteiger partial charge on any atom is 0.120 e. The van der Waals surface area contributed by atoms with Crippen LogP contribution in [0.4, 0.5) is 11.4 Å². The molecule has 0 fully saturated rings. The number of methoxy groups -OCH3 is 2. The molecule has 0 spiro atoms. The Labute approximate surface area is 165 Å². The SMILES string of the molecule is COc1cccc(N2Cc3cc4c(cc3C2)CN(c2cccc(OC)c2)C4)c1. The summed E-state index contributed by atoms with van der Waals surface area (Å²) >= 11 is 0. The fourth-order valence-electron chi connectivity index (χ4n) is 4.29. The Morgan fingerprint density at radius 3 is 1.32 bits per heavy atom. The van der Waals surface area contributed by atoms with Crippen molar-refractivity contribution >= 4 is 11.4 Å². The first kappa shape index (κ1) is 17.0. The predicted molar refractivity (Wildman–Crippen MR) is 112 cm³/mol. The van der Waals surface area contributed by atoms with E-state index in [4.69, 9.17) is 9.47 Å². The number of hydrogen-bond donors (Lipinski definition) is 0. The van der Waals surface area contributed by atoms with E-state index in [0.29, 0.717) is 0 Å². The quantitative estimate of drug-likeness (QED) is 0.660. The normalized spacial score (nSPS) is 14.8. The summed E-state index contributed by atoms with van der Waals surface area (Å²) in [5.74, 6) is 1.81. The topological polar surface area (TPSA) is 24.9 Å². The molecular formula is C24H24N2O2. The lowest BCUT2D eigenvalue weighted by molar-refractivity contribution is 0.414. The lowest BCUT2D eigenvalue weighted by atomic mass is 10.0. The highest BCUT2D eigenvalue weighted by atomic mass is 16.5. The summed E-state index contributed by atoms with van der Waals surface area (Å²) in [7, 11) is 3.44. The van der Waals surface area contributed by atoms with Gasteiger partial charge in [-0.05, 0) is 46.5 Å². The molecule has 0 aliphatic carbocycles.